The van der Waals surface area contributed by atoms with Gasteiger partial charge in [0.25, 0.3) is 5.91 Å². The maximum Gasteiger partial charge on any atom is 0.251 e. The predicted octanol–water partition coefficient (Wildman–Crippen LogP) is 2.94. The molecule has 0 saturated carbocycles. The molecule has 2 heterocycles. The van der Waals surface area contributed by atoms with E-state index < -0.39 is 17.1 Å². The summed E-state index contributed by atoms with van der Waals surface area (Å²) in [5, 5.41) is 3.60. The third-order valence-corrected chi connectivity index (χ3v) is 6.01. The molecule has 2 aromatic carbocycles. The van der Waals surface area contributed by atoms with Gasteiger partial charge in [0.05, 0.1) is 11.0 Å². The fourth-order valence-corrected chi connectivity index (χ4v) is 4.29. The molecule has 152 valence electrons. The van der Waals surface area contributed by atoms with E-state index in [9.17, 15) is 14.0 Å². The zero-order valence-electron chi connectivity index (χ0n) is 15.7. The van der Waals surface area contributed by atoms with E-state index in [1.54, 1.807) is 6.07 Å². The maximum absolute atomic E-state index is 13.8. The fourth-order valence-electron chi connectivity index (χ4n) is 4.12. The zero-order valence-corrected chi connectivity index (χ0v) is 16.5. The molecule has 1 saturated heterocycles. The van der Waals surface area contributed by atoms with Gasteiger partial charge in [-0.2, -0.15) is 0 Å². The number of nitrogens with zero attached hydrogens (tertiary/aromatic N) is 1. The molecule has 8 heteroatoms. The average molecular weight is 418 g/mol. The van der Waals surface area contributed by atoms with Gasteiger partial charge in [0.1, 0.15) is 18.2 Å². The minimum atomic E-state index is -0.810. The number of likely N-dealkylation sites (tertiary alicyclic amines) is 1. The lowest BCUT2D eigenvalue weighted by Crippen LogP contribution is -2.47. The van der Waals surface area contributed by atoms with Crippen molar-refractivity contribution in [1.29, 1.82) is 0 Å². The van der Waals surface area contributed by atoms with E-state index in [-0.39, 0.29) is 11.5 Å². The van der Waals surface area contributed by atoms with Crippen molar-refractivity contribution in [2.45, 2.75) is 18.3 Å². The first-order valence-corrected chi connectivity index (χ1v) is 9.83. The Labute approximate surface area is 172 Å². The van der Waals surface area contributed by atoms with Crippen LogP contribution in [-0.2, 0) is 10.2 Å². The van der Waals surface area contributed by atoms with E-state index in [2.05, 4.69) is 10.2 Å². The minimum Gasteiger partial charge on any atom is -0.492 e. The minimum absolute atomic E-state index is 0.0377. The molecule has 4 rings (SSSR count). The Kier molecular flexibility index (Phi) is 5.19. The van der Waals surface area contributed by atoms with Crippen molar-refractivity contribution >= 4 is 29.1 Å². The van der Waals surface area contributed by atoms with E-state index in [4.69, 9.17) is 22.1 Å². The molecule has 2 aliphatic rings. The number of rotatable bonds is 5. The average Bonchev–Trinajstić information content (AvgIpc) is 2.94. The fraction of sp³-hybridized carbons (Fsp3) is 0.333. The third-order valence-electron chi connectivity index (χ3n) is 5.77. The quantitative estimate of drug-likeness (QED) is 0.783. The van der Waals surface area contributed by atoms with Gasteiger partial charge in [-0.3, -0.25) is 14.5 Å². The van der Waals surface area contributed by atoms with Crippen molar-refractivity contribution < 1.29 is 18.7 Å². The molecular weight excluding hydrogens is 397 g/mol. The van der Waals surface area contributed by atoms with Gasteiger partial charge in [-0.25, -0.2) is 4.39 Å². The second kappa shape index (κ2) is 7.65. The van der Waals surface area contributed by atoms with E-state index >= 15 is 0 Å². The van der Waals surface area contributed by atoms with Crippen LogP contribution >= 0.6 is 11.6 Å². The standard InChI is InChI=1S/C21H21ClFN3O3/c22-13-1-4-18-16(11-13)21(20(28)25-18)5-7-26(8-6-21)9-10-29-14-2-3-15(19(24)27)17(23)12-14/h1-4,11-12H,5-10H2,(H2,24,27)(H,25,28). The number of benzene rings is 2. The Bertz CT molecular complexity index is 974. The molecule has 0 unspecified atom stereocenters. The summed E-state index contributed by atoms with van der Waals surface area (Å²) >= 11 is 6.15. The van der Waals surface area contributed by atoms with Crippen LogP contribution in [0.2, 0.25) is 5.02 Å². The summed E-state index contributed by atoms with van der Waals surface area (Å²) in [6.07, 6.45) is 1.40. The maximum atomic E-state index is 13.8. The van der Waals surface area contributed by atoms with Crippen LogP contribution in [0.3, 0.4) is 0 Å². The van der Waals surface area contributed by atoms with Gasteiger partial charge >= 0.3 is 0 Å². The molecular formula is C21H21ClFN3O3. The number of halogens is 2. The van der Waals surface area contributed by atoms with Crippen LogP contribution in [0.25, 0.3) is 0 Å². The van der Waals surface area contributed by atoms with Gasteiger partial charge < -0.3 is 15.8 Å². The molecule has 2 aliphatic heterocycles. The van der Waals surface area contributed by atoms with Crippen molar-refractivity contribution in [3.05, 3.63) is 58.4 Å². The third kappa shape index (κ3) is 3.68. The van der Waals surface area contributed by atoms with Crippen molar-refractivity contribution in [3.8, 4) is 5.75 Å². The molecule has 1 fully saturated rings. The smallest absolute Gasteiger partial charge is 0.251 e. The summed E-state index contributed by atoms with van der Waals surface area (Å²) in [6, 6.07) is 9.53. The molecule has 0 atom stereocenters. The molecule has 1 spiro atoms. The van der Waals surface area contributed by atoms with Crippen molar-refractivity contribution in [2.24, 2.45) is 5.73 Å². The lowest BCUT2D eigenvalue weighted by atomic mass is 9.73. The summed E-state index contributed by atoms with van der Waals surface area (Å²) in [7, 11) is 0. The van der Waals surface area contributed by atoms with Crippen LogP contribution in [0, 0.1) is 5.82 Å². The largest absolute Gasteiger partial charge is 0.492 e. The van der Waals surface area contributed by atoms with Crippen LogP contribution in [0.15, 0.2) is 36.4 Å². The van der Waals surface area contributed by atoms with E-state index in [0.29, 0.717) is 36.8 Å². The van der Waals surface area contributed by atoms with Gasteiger partial charge in [0.15, 0.2) is 0 Å². The molecule has 0 radical (unpaired) electrons. The van der Waals surface area contributed by atoms with E-state index in [1.165, 1.54) is 12.1 Å². The number of piperidine rings is 1. The molecule has 3 N–H and O–H groups in total. The monoisotopic (exact) mass is 417 g/mol. The summed E-state index contributed by atoms with van der Waals surface area (Å²) < 4.78 is 19.4. The molecule has 6 nitrogen and oxygen atoms in total. The highest BCUT2D eigenvalue weighted by molar-refractivity contribution is 6.31. The second-order valence-corrected chi connectivity index (χ2v) is 7.86. The molecule has 2 aromatic rings. The van der Waals surface area contributed by atoms with Crippen molar-refractivity contribution in [3.63, 3.8) is 0 Å². The van der Waals surface area contributed by atoms with Gasteiger partial charge in [0.2, 0.25) is 5.91 Å². The van der Waals surface area contributed by atoms with E-state index in [1.807, 2.05) is 12.1 Å². The van der Waals surface area contributed by atoms with Crippen LogP contribution < -0.4 is 15.8 Å². The van der Waals surface area contributed by atoms with Crippen molar-refractivity contribution in [1.82, 2.24) is 4.90 Å². The highest BCUT2D eigenvalue weighted by atomic mass is 35.5. The highest BCUT2D eigenvalue weighted by Gasteiger charge is 2.48. The van der Waals surface area contributed by atoms with Crippen molar-refractivity contribution in [2.75, 3.05) is 31.6 Å². The number of amides is 2. The molecule has 0 bridgehead atoms. The van der Waals surface area contributed by atoms with Crippen LogP contribution in [-0.4, -0.2) is 43.0 Å². The van der Waals surface area contributed by atoms with Gasteiger partial charge in [-0.15, -0.1) is 0 Å². The first-order chi connectivity index (χ1) is 13.9. The summed E-state index contributed by atoms with van der Waals surface area (Å²) in [5.74, 6) is -1.12. The molecule has 2 amide bonds. The lowest BCUT2D eigenvalue weighted by Gasteiger charge is -2.37. The first kappa shape index (κ1) is 19.7. The van der Waals surface area contributed by atoms with E-state index in [0.717, 1.165) is 30.4 Å². The number of carbonyl (C=O) groups is 2. The van der Waals surface area contributed by atoms with Crippen LogP contribution in [0.4, 0.5) is 10.1 Å². The Balaban J connectivity index is 1.33. The lowest BCUT2D eigenvalue weighted by molar-refractivity contribution is -0.122. The number of fused-ring (bicyclic) bond motifs is 2. The number of nitrogens with two attached hydrogens (primary N) is 1. The van der Waals surface area contributed by atoms with Gasteiger partial charge in [-0.05, 0) is 61.8 Å². The highest BCUT2D eigenvalue weighted by Crippen LogP contribution is 2.45. The Morgan fingerprint density at radius 2 is 2.00 bits per heavy atom. The van der Waals surface area contributed by atoms with Crippen LogP contribution in [0.5, 0.6) is 5.75 Å². The molecule has 29 heavy (non-hydrogen) atoms. The van der Waals surface area contributed by atoms with Crippen LogP contribution in [0.1, 0.15) is 28.8 Å². The topological polar surface area (TPSA) is 84.7 Å². The first-order valence-electron chi connectivity index (χ1n) is 9.45. The number of ether oxygens (including phenoxy) is 1. The van der Waals surface area contributed by atoms with Gasteiger partial charge in [-0.1, -0.05) is 11.6 Å². The number of hydrogen-bond acceptors (Lipinski definition) is 4. The number of carbonyl (C=O) groups excluding carboxylic acids is 2. The Hall–Kier alpha value is -2.64. The van der Waals surface area contributed by atoms with Gasteiger partial charge in [0, 0.05) is 23.3 Å². The number of anilines is 1. The predicted molar refractivity (Wildman–Crippen MR) is 108 cm³/mol. The second-order valence-electron chi connectivity index (χ2n) is 7.42. The summed E-state index contributed by atoms with van der Waals surface area (Å²) in [6.45, 7) is 2.52. The Morgan fingerprint density at radius 3 is 2.69 bits per heavy atom. The molecule has 0 aliphatic carbocycles. The number of primary amides is 1. The summed E-state index contributed by atoms with van der Waals surface area (Å²) in [5.41, 5.74) is 6.24. The number of hydrogen-bond donors (Lipinski definition) is 2. The summed E-state index contributed by atoms with van der Waals surface area (Å²) in [4.78, 5) is 26.0. The molecule has 0 aromatic heterocycles. The SMILES string of the molecule is NC(=O)c1ccc(OCCN2CCC3(CC2)C(=O)Nc2ccc(Cl)cc23)cc1F. The Morgan fingerprint density at radius 1 is 1.24 bits per heavy atom. The number of nitrogens with one attached hydrogen (secondary N) is 1. The zero-order chi connectivity index (χ0) is 20.6. The normalized spacial score (nSPS) is 17.8.